The van der Waals surface area contributed by atoms with Crippen molar-refractivity contribution in [1.82, 2.24) is 9.97 Å². The lowest BCUT2D eigenvalue weighted by Crippen LogP contribution is -2.14. The molecule has 0 aliphatic carbocycles. The molecule has 3 heteroatoms. The molecule has 0 saturated heterocycles. The minimum absolute atomic E-state index is 0.251. The predicted molar refractivity (Wildman–Crippen MR) is 76.7 cm³/mol. The van der Waals surface area contributed by atoms with Crippen LogP contribution in [0.1, 0.15) is 22.9 Å². The number of hydrogen-bond donors (Lipinski definition) is 1. The summed E-state index contributed by atoms with van der Waals surface area (Å²) in [6.07, 6.45) is 5.48. The molecule has 2 N–H and O–H groups in total. The minimum Gasteiger partial charge on any atom is -0.319 e. The Morgan fingerprint density at radius 3 is 2.79 bits per heavy atom. The summed E-state index contributed by atoms with van der Waals surface area (Å²) in [5, 5.41) is 2.23. The maximum absolute atomic E-state index is 6.35. The van der Waals surface area contributed by atoms with Crippen molar-refractivity contribution < 1.29 is 0 Å². The van der Waals surface area contributed by atoms with Crippen LogP contribution in [-0.2, 0) is 0 Å². The van der Waals surface area contributed by atoms with Crippen molar-refractivity contribution in [1.29, 1.82) is 0 Å². The normalized spacial score (nSPS) is 12.5. The molecule has 3 aromatic rings. The molecule has 0 spiro atoms. The molecule has 94 valence electrons. The number of rotatable bonds is 2. The molecule has 1 unspecified atom stereocenters. The molecule has 1 aromatic carbocycles. The highest BCUT2D eigenvalue weighted by Gasteiger charge is 2.13. The fourth-order valence-electron chi connectivity index (χ4n) is 2.28. The van der Waals surface area contributed by atoms with E-state index in [4.69, 9.17) is 5.73 Å². The van der Waals surface area contributed by atoms with E-state index in [1.807, 2.05) is 49.6 Å². The Morgan fingerprint density at radius 1 is 1.11 bits per heavy atom. The van der Waals surface area contributed by atoms with Crippen LogP contribution >= 0.6 is 0 Å². The predicted octanol–water partition coefficient (Wildman–Crippen LogP) is 2.99. The Labute approximate surface area is 112 Å². The summed E-state index contributed by atoms with van der Waals surface area (Å²) >= 11 is 0. The van der Waals surface area contributed by atoms with Crippen molar-refractivity contribution >= 4 is 10.8 Å². The lowest BCUT2D eigenvalue weighted by molar-refractivity contribution is 0.829. The van der Waals surface area contributed by atoms with E-state index in [0.29, 0.717) is 0 Å². The van der Waals surface area contributed by atoms with Crippen molar-refractivity contribution in [2.45, 2.75) is 13.0 Å². The van der Waals surface area contributed by atoms with E-state index in [0.717, 1.165) is 27.6 Å². The van der Waals surface area contributed by atoms with Gasteiger partial charge in [-0.2, -0.15) is 0 Å². The first-order chi connectivity index (χ1) is 9.25. The molecule has 0 radical (unpaired) electrons. The Hall–Kier alpha value is -2.26. The summed E-state index contributed by atoms with van der Waals surface area (Å²) in [7, 11) is 0. The second-order valence-corrected chi connectivity index (χ2v) is 4.69. The second-order valence-electron chi connectivity index (χ2n) is 4.69. The van der Waals surface area contributed by atoms with Crippen LogP contribution in [0.3, 0.4) is 0 Å². The zero-order chi connectivity index (χ0) is 13.2. The molecule has 2 aromatic heterocycles. The topological polar surface area (TPSA) is 51.8 Å². The molecule has 0 aliphatic heterocycles. The van der Waals surface area contributed by atoms with Crippen molar-refractivity contribution in [3.05, 3.63) is 71.8 Å². The molecule has 0 aliphatic rings. The standard InChI is InChI=1S/C16H15N3/c1-11-6-7-19-15(8-11)16(17)14-10-18-9-12-4-2-3-5-13(12)14/h2-10,16H,17H2,1H3. The quantitative estimate of drug-likeness (QED) is 0.759. The van der Waals surface area contributed by atoms with Crippen LogP contribution < -0.4 is 5.73 Å². The Kier molecular flexibility index (Phi) is 2.97. The molecule has 0 bridgehead atoms. The van der Waals surface area contributed by atoms with E-state index in [1.165, 1.54) is 0 Å². The molecule has 3 nitrogen and oxygen atoms in total. The van der Waals surface area contributed by atoms with Crippen LogP contribution in [0.25, 0.3) is 10.8 Å². The number of fused-ring (bicyclic) bond motifs is 1. The summed E-state index contributed by atoms with van der Waals surface area (Å²) in [5.41, 5.74) is 9.39. The molecule has 0 saturated carbocycles. The molecule has 0 fully saturated rings. The number of nitrogens with zero attached hydrogens (tertiary/aromatic N) is 2. The average Bonchev–Trinajstić information content (AvgIpc) is 2.46. The van der Waals surface area contributed by atoms with E-state index in [9.17, 15) is 0 Å². The van der Waals surface area contributed by atoms with Gasteiger partial charge < -0.3 is 5.73 Å². The van der Waals surface area contributed by atoms with Gasteiger partial charge in [0.25, 0.3) is 0 Å². The summed E-state index contributed by atoms with van der Waals surface area (Å²) in [6, 6.07) is 11.9. The monoisotopic (exact) mass is 249 g/mol. The van der Waals surface area contributed by atoms with Gasteiger partial charge in [-0.05, 0) is 30.0 Å². The first kappa shape index (κ1) is 11.8. The van der Waals surface area contributed by atoms with E-state index in [1.54, 1.807) is 6.20 Å². The summed E-state index contributed by atoms with van der Waals surface area (Å²) in [5.74, 6) is 0. The fraction of sp³-hybridized carbons (Fsp3) is 0.125. The van der Waals surface area contributed by atoms with Crippen molar-refractivity contribution in [2.24, 2.45) is 5.73 Å². The zero-order valence-electron chi connectivity index (χ0n) is 10.7. The lowest BCUT2D eigenvalue weighted by atomic mass is 9.99. The van der Waals surface area contributed by atoms with Gasteiger partial charge in [-0.1, -0.05) is 24.3 Å². The van der Waals surface area contributed by atoms with Crippen LogP contribution in [0.2, 0.25) is 0 Å². The highest BCUT2D eigenvalue weighted by atomic mass is 14.8. The molecule has 0 amide bonds. The summed E-state index contributed by atoms with van der Waals surface area (Å²) in [4.78, 5) is 8.64. The Morgan fingerprint density at radius 2 is 1.95 bits per heavy atom. The molecule has 1 atom stereocenters. The number of aromatic nitrogens is 2. The first-order valence-corrected chi connectivity index (χ1v) is 6.26. The van der Waals surface area contributed by atoms with Crippen molar-refractivity contribution in [2.75, 3.05) is 0 Å². The smallest absolute Gasteiger partial charge is 0.0747 e. The molecule has 3 rings (SSSR count). The number of pyridine rings is 2. The second kappa shape index (κ2) is 4.78. The van der Waals surface area contributed by atoms with E-state index >= 15 is 0 Å². The van der Waals surface area contributed by atoms with Crippen LogP contribution in [0.5, 0.6) is 0 Å². The molecule has 19 heavy (non-hydrogen) atoms. The summed E-state index contributed by atoms with van der Waals surface area (Å²) < 4.78 is 0. The highest BCUT2D eigenvalue weighted by molar-refractivity contribution is 5.85. The highest BCUT2D eigenvalue weighted by Crippen LogP contribution is 2.25. The van der Waals surface area contributed by atoms with Gasteiger partial charge >= 0.3 is 0 Å². The molecule has 2 heterocycles. The van der Waals surface area contributed by atoms with Crippen LogP contribution in [-0.4, -0.2) is 9.97 Å². The van der Waals surface area contributed by atoms with E-state index in [-0.39, 0.29) is 6.04 Å². The van der Waals surface area contributed by atoms with Gasteiger partial charge in [0.1, 0.15) is 0 Å². The van der Waals surface area contributed by atoms with Crippen LogP contribution in [0, 0.1) is 6.92 Å². The van der Waals surface area contributed by atoms with E-state index < -0.39 is 0 Å². The van der Waals surface area contributed by atoms with Gasteiger partial charge in [0, 0.05) is 29.5 Å². The molecular weight excluding hydrogens is 234 g/mol. The van der Waals surface area contributed by atoms with Gasteiger partial charge in [-0.25, -0.2) is 0 Å². The summed E-state index contributed by atoms with van der Waals surface area (Å²) in [6.45, 7) is 2.04. The fourth-order valence-corrected chi connectivity index (χ4v) is 2.28. The van der Waals surface area contributed by atoms with Crippen LogP contribution in [0.15, 0.2) is 55.0 Å². The van der Waals surface area contributed by atoms with Crippen molar-refractivity contribution in [3.8, 4) is 0 Å². The largest absolute Gasteiger partial charge is 0.319 e. The van der Waals surface area contributed by atoms with Crippen LogP contribution in [0.4, 0.5) is 0 Å². The Balaban J connectivity index is 2.14. The van der Waals surface area contributed by atoms with Gasteiger partial charge in [0.2, 0.25) is 0 Å². The van der Waals surface area contributed by atoms with Gasteiger partial charge in [-0.15, -0.1) is 0 Å². The molecular formula is C16H15N3. The van der Waals surface area contributed by atoms with Gasteiger partial charge in [-0.3, -0.25) is 9.97 Å². The van der Waals surface area contributed by atoms with E-state index in [2.05, 4.69) is 16.0 Å². The first-order valence-electron chi connectivity index (χ1n) is 6.26. The minimum atomic E-state index is -0.251. The van der Waals surface area contributed by atoms with Gasteiger partial charge in [0.15, 0.2) is 0 Å². The average molecular weight is 249 g/mol. The number of hydrogen-bond acceptors (Lipinski definition) is 3. The van der Waals surface area contributed by atoms with Crippen molar-refractivity contribution in [3.63, 3.8) is 0 Å². The zero-order valence-corrected chi connectivity index (χ0v) is 10.7. The maximum atomic E-state index is 6.35. The SMILES string of the molecule is Cc1ccnc(C(N)c2cncc3ccccc23)c1. The lowest BCUT2D eigenvalue weighted by Gasteiger charge is -2.14. The Bertz CT molecular complexity index is 717. The third kappa shape index (κ3) is 2.20. The third-order valence-corrected chi connectivity index (χ3v) is 3.29. The number of benzene rings is 1. The number of nitrogens with two attached hydrogens (primary N) is 1. The third-order valence-electron chi connectivity index (χ3n) is 3.29. The maximum Gasteiger partial charge on any atom is 0.0747 e. The van der Waals surface area contributed by atoms with Gasteiger partial charge in [0.05, 0.1) is 11.7 Å². The number of aryl methyl sites for hydroxylation is 1.